The van der Waals surface area contributed by atoms with E-state index in [-0.39, 0.29) is 16.6 Å². The van der Waals surface area contributed by atoms with Gasteiger partial charge in [0.25, 0.3) is 11.8 Å². The van der Waals surface area contributed by atoms with E-state index in [4.69, 9.17) is 0 Å². The Bertz CT molecular complexity index is 974. The minimum Gasteiger partial charge on any atom is -0.356 e. The van der Waals surface area contributed by atoms with Crippen LogP contribution in [0.5, 0.6) is 0 Å². The number of carbonyl (C=O) groups is 2. The third kappa shape index (κ3) is 2.90. The molecule has 0 bridgehead atoms. The number of amides is 2. The summed E-state index contributed by atoms with van der Waals surface area (Å²) in [6.45, 7) is 1.46. The molecule has 0 spiro atoms. The number of nitrogens with one attached hydrogen (secondary N) is 2. The zero-order valence-corrected chi connectivity index (χ0v) is 14.9. The molecular weight excluding hydrogens is 354 g/mol. The Hall–Kier alpha value is -2.61. The van der Waals surface area contributed by atoms with E-state index in [1.165, 1.54) is 12.3 Å². The van der Waals surface area contributed by atoms with Crippen LogP contribution in [-0.2, 0) is 9.84 Å². The van der Waals surface area contributed by atoms with Gasteiger partial charge >= 0.3 is 0 Å². The molecule has 2 aliphatic rings. The van der Waals surface area contributed by atoms with Gasteiger partial charge in [-0.15, -0.1) is 0 Å². The number of rotatable bonds is 3. The topological polar surface area (TPSA) is 99.3 Å². The highest BCUT2D eigenvalue weighted by Gasteiger charge is 2.35. The van der Waals surface area contributed by atoms with Crippen molar-refractivity contribution in [3.63, 3.8) is 0 Å². The van der Waals surface area contributed by atoms with Crippen LogP contribution < -0.4 is 5.32 Å². The number of benzene rings is 1. The fourth-order valence-corrected chi connectivity index (χ4v) is 5.29. The van der Waals surface area contributed by atoms with E-state index in [9.17, 15) is 18.0 Å². The summed E-state index contributed by atoms with van der Waals surface area (Å²) in [5.41, 5.74) is 1.29. The largest absolute Gasteiger partial charge is 0.356 e. The van der Waals surface area contributed by atoms with Crippen molar-refractivity contribution in [3.05, 3.63) is 53.3 Å². The molecule has 3 heterocycles. The molecule has 1 aromatic carbocycles. The van der Waals surface area contributed by atoms with E-state index in [2.05, 4.69) is 10.3 Å². The van der Waals surface area contributed by atoms with Crippen LogP contribution in [-0.4, -0.2) is 49.0 Å². The minimum atomic E-state index is -3.39. The van der Waals surface area contributed by atoms with Crippen molar-refractivity contribution in [2.45, 2.75) is 23.8 Å². The number of carbonyl (C=O) groups excluding carboxylic acids is 2. The summed E-state index contributed by atoms with van der Waals surface area (Å²) < 4.78 is 24.4. The van der Waals surface area contributed by atoms with Gasteiger partial charge in [-0.3, -0.25) is 9.59 Å². The molecule has 1 atom stereocenters. The highest BCUT2D eigenvalue weighted by atomic mass is 32.2. The van der Waals surface area contributed by atoms with Crippen LogP contribution in [0.15, 0.2) is 41.4 Å². The fraction of sp³-hybridized carbons (Fsp3) is 0.333. The molecule has 0 radical (unpaired) electrons. The van der Waals surface area contributed by atoms with E-state index in [0.717, 1.165) is 25.9 Å². The van der Waals surface area contributed by atoms with Crippen LogP contribution in [0.3, 0.4) is 0 Å². The van der Waals surface area contributed by atoms with Gasteiger partial charge in [0.15, 0.2) is 9.84 Å². The van der Waals surface area contributed by atoms with Gasteiger partial charge in [0, 0.05) is 19.3 Å². The highest BCUT2D eigenvalue weighted by molar-refractivity contribution is 7.91. The normalized spacial score (nSPS) is 20.8. The lowest BCUT2D eigenvalue weighted by Gasteiger charge is -2.13. The first-order valence-electron chi connectivity index (χ1n) is 8.56. The van der Waals surface area contributed by atoms with Crippen molar-refractivity contribution in [2.24, 2.45) is 0 Å². The average molecular weight is 373 g/mol. The summed E-state index contributed by atoms with van der Waals surface area (Å²) in [7, 11) is -3.39. The van der Waals surface area contributed by atoms with Crippen LogP contribution in [0.1, 0.15) is 45.3 Å². The van der Waals surface area contributed by atoms with Crippen LogP contribution >= 0.6 is 0 Å². The van der Waals surface area contributed by atoms with Crippen molar-refractivity contribution < 1.29 is 18.0 Å². The van der Waals surface area contributed by atoms with Crippen molar-refractivity contribution in [1.29, 1.82) is 0 Å². The third-order valence-corrected chi connectivity index (χ3v) is 6.70. The van der Waals surface area contributed by atoms with Gasteiger partial charge in [-0.2, -0.15) is 0 Å². The number of sulfone groups is 1. The molecule has 2 N–H and O–H groups in total. The van der Waals surface area contributed by atoms with Crippen LogP contribution in [0.25, 0.3) is 0 Å². The summed E-state index contributed by atoms with van der Waals surface area (Å²) in [6.07, 6.45) is 3.47. The smallest absolute Gasteiger partial charge is 0.270 e. The van der Waals surface area contributed by atoms with E-state index in [1.807, 2.05) is 0 Å². The lowest BCUT2D eigenvalue weighted by atomic mass is 10.1. The number of aromatic amines is 1. The number of hydrogen-bond acceptors (Lipinski definition) is 4. The molecule has 1 saturated heterocycles. The number of fused-ring (bicyclic) bond motifs is 1. The monoisotopic (exact) mass is 373 g/mol. The number of nitrogens with zero attached hydrogens (tertiary/aromatic N) is 1. The molecule has 2 amide bonds. The second-order valence-electron chi connectivity index (χ2n) is 6.65. The second kappa shape index (κ2) is 6.28. The third-order valence-electron chi connectivity index (χ3n) is 4.89. The summed E-state index contributed by atoms with van der Waals surface area (Å²) in [4.78, 5) is 29.8. The molecule has 0 saturated carbocycles. The van der Waals surface area contributed by atoms with Crippen LogP contribution in [0.4, 0.5) is 0 Å². The van der Waals surface area contributed by atoms with Crippen molar-refractivity contribution in [2.75, 3.05) is 18.8 Å². The van der Waals surface area contributed by atoms with Crippen LogP contribution in [0.2, 0.25) is 0 Å². The first-order chi connectivity index (χ1) is 12.5. The first-order valence-corrected chi connectivity index (χ1v) is 10.2. The number of likely N-dealkylation sites (tertiary alicyclic amines) is 1. The molecule has 1 fully saturated rings. The quantitative estimate of drug-likeness (QED) is 0.852. The first kappa shape index (κ1) is 16.8. The molecule has 0 aliphatic carbocycles. The summed E-state index contributed by atoms with van der Waals surface area (Å²) in [5, 5.41) is 2.77. The standard InChI is InChI=1S/C18H19N3O4S/c22-17(12-9-14(19-10-12)18(23)21-7-3-4-8-21)20-15-11-26(24,25)16-6-2-1-5-13(15)16/h1-2,5-6,9-10,15,19H,3-4,7-8,11H2,(H,20,22). The summed E-state index contributed by atoms with van der Waals surface area (Å²) >= 11 is 0. The Labute approximate surface area is 151 Å². The Morgan fingerprint density at radius 1 is 1.15 bits per heavy atom. The van der Waals surface area contributed by atoms with Gasteiger partial charge in [0.2, 0.25) is 0 Å². The lowest BCUT2D eigenvalue weighted by Crippen LogP contribution is -2.29. The molecule has 136 valence electrons. The average Bonchev–Trinajstić information content (AvgIpc) is 3.35. The van der Waals surface area contributed by atoms with Crippen molar-refractivity contribution >= 4 is 21.7 Å². The lowest BCUT2D eigenvalue weighted by molar-refractivity contribution is 0.0787. The molecule has 2 aliphatic heterocycles. The Morgan fingerprint density at radius 2 is 1.88 bits per heavy atom. The molecule has 2 aromatic rings. The van der Waals surface area contributed by atoms with E-state index >= 15 is 0 Å². The van der Waals surface area contributed by atoms with E-state index in [0.29, 0.717) is 16.8 Å². The highest BCUT2D eigenvalue weighted by Crippen LogP contribution is 2.33. The van der Waals surface area contributed by atoms with Gasteiger partial charge in [-0.25, -0.2) is 8.42 Å². The van der Waals surface area contributed by atoms with Gasteiger partial charge in [0.05, 0.1) is 22.3 Å². The SMILES string of the molecule is O=C(NC1CS(=O)(=O)c2ccccc21)c1c[nH]c(C(=O)N2CCCC2)c1. The zero-order chi connectivity index (χ0) is 18.3. The molecular formula is C18H19N3O4S. The van der Waals surface area contributed by atoms with Gasteiger partial charge in [-0.1, -0.05) is 18.2 Å². The molecule has 8 heteroatoms. The zero-order valence-electron chi connectivity index (χ0n) is 14.1. The van der Waals surface area contributed by atoms with Gasteiger partial charge in [0.1, 0.15) is 5.69 Å². The van der Waals surface area contributed by atoms with Crippen molar-refractivity contribution in [1.82, 2.24) is 15.2 Å². The van der Waals surface area contributed by atoms with E-state index in [1.54, 1.807) is 29.2 Å². The predicted molar refractivity (Wildman–Crippen MR) is 94.6 cm³/mol. The maximum atomic E-state index is 12.5. The Kier molecular flexibility index (Phi) is 4.07. The van der Waals surface area contributed by atoms with E-state index < -0.39 is 21.8 Å². The van der Waals surface area contributed by atoms with Crippen LogP contribution in [0, 0.1) is 0 Å². The Balaban J connectivity index is 1.50. The predicted octanol–water partition coefficient (Wildman–Crippen LogP) is 1.51. The molecule has 26 heavy (non-hydrogen) atoms. The maximum absolute atomic E-state index is 12.5. The van der Waals surface area contributed by atoms with Gasteiger partial charge in [-0.05, 0) is 30.5 Å². The molecule has 1 aromatic heterocycles. The number of aromatic nitrogens is 1. The minimum absolute atomic E-state index is 0.115. The molecule has 7 nitrogen and oxygen atoms in total. The number of hydrogen-bond donors (Lipinski definition) is 2. The molecule has 4 rings (SSSR count). The second-order valence-corrected chi connectivity index (χ2v) is 8.65. The molecule has 1 unspecified atom stereocenters. The number of H-pyrrole nitrogens is 1. The fourth-order valence-electron chi connectivity index (χ4n) is 3.55. The summed E-state index contributed by atoms with van der Waals surface area (Å²) in [6, 6.07) is 7.62. The Morgan fingerprint density at radius 3 is 2.65 bits per heavy atom. The maximum Gasteiger partial charge on any atom is 0.270 e. The summed E-state index contributed by atoms with van der Waals surface area (Å²) in [5.74, 6) is -0.670. The van der Waals surface area contributed by atoms with Crippen molar-refractivity contribution in [3.8, 4) is 0 Å². The van der Waals surface area contributed by atoms with Gasteiger partial charge < -0.3 is 15.2 Å².